The first-order valence-electron chi connectivity index (χ1n) is 5.56. The molecule has 2 rings (SSSR count). The van der Waals surface area contributed by atoms with E-state index in [1.54, 1.807) is 0 Å². The lowest BCUT2D eigenvalue weighted by Crippen LogP contribution is -2.25. The molecule has 1 fully saturated rings. The Morgan fingerprint density at radius 1 is 1.33 bits per heavy atom. The Labute approximate surface area is 92.1 Å². The Balaban J connectivity index is 2.29. The summed E-state index contributed by atoms with van der Waals surface area (Å²) >= 11 is 0. The summed E-state index contributed by atoms with van der Waals surface area (Å²) < 4.78 is 0. The average Bonchev–Trinajstić information content (AvgIpc) is 2.82. The van der Waals surface area contributed by atoms with Crippen LogP contribution in [0.25, 0.3) is 0 Å². The minimum Gasteiger partial charge on any atom is -0.377 e. The maximum absolute atomic E-state index is 6.18. The molecule has 15 heavy (non-hydrogen) atoms. The summed E-state index contributed by atoms with van der Waals surface area (Å²) in [7, 11) is 4.18. The van der Waals surface area contributed by atoms with Crippen LogP contribution in [0.15, 0.2) is 18.2 Å². The lowest BCUT2D eigenvalue weighted by Gasteiger charge is -2.20. The van der Waals surface area contributed by atoms with Gasteiger partial charge in [-0.2, -0.15) is 0 Å². The number of anilines is 1. The molecular weight excluding hydrogens is 184 g/mol. The van der Waals surface area contributed by atoms with Crippen molar-refractivity contribution >= 4 is 5.69 Å². The molecule has 0 aliphatic heterocycles. The molecule has 0 heterocycles. The summed E-state index contributed by atoms with van der Waals surface area (Å²) in [5, 5.41) is 0. The van der Waals surface area contributed by atoms with Gasteiger partial charge in [0, 0.05) is 25.3 Å². The van der Waals surface area contributed by atoms with Crippen molar-refractivity contribution in [1.29, 1.82) is 0 Å². The van der Waals surface area contributed by atoms with Crippen molar-refractivity contribution in [3.8, 4) is 0 Å². The van der Waals surface area contributed by atoms with Gasteiger partial charge in [-0.3, -0.25) is 0 Å². The predicted molar refractivity (Wildman–Crippen MR) is 65.4 cm³/mol. The normalized spacial score (nSPS) is 17.6. The SMILES string of the molecule is Cc1ccc(N(C)C)c(CC2(N)CC2)c1. The fraction of sp³-hybridized carbons (Fsp3) is 0.538. The van der Waals surface area contributed by atoms with Crippen LogP contribution in [0.1, 0.15) is 24.0 Å². The van der Waals surface area contributed by atoms with Gasteiger partial charge in [0.25, 0.3) is 0 Å². The van der Waals surface area contributed by atoms with Crippen molar-refractivity contribution in [1.82, 2.24) is 0 Å². The van der Waals surface area contributed by atoms with E-state index >= 15 is 0 Å². The Morgan fingerprint density at radius 2 is 2.00 bits per heavy atom. The smallest absolute Gasteiger partial charge is 0.0394 e. The molecule has 0 spiro atoms. The summed E-state index contributed by atoms with van der Waals surface area (Å²) in [6.07, 6.45) is 3.36. The van der Waals surface area contributed by atoms with E-state index in [0.29, 0.717) is 0 Å². The molecular formula is C13H20N2. The second kappa shape index (κ2) is 3.53. The molecule has 1 aromatic carbocycles. The number of hydrogen-bond donors (Lipinski definition) is 1. The van der Waals surface area contributed by atoms with Crippen LogP contribution in [0.2, 0.25) is 0 Å². The molecule has 0 amide bonds. The van der Waals surface area contributed by atoms with Crippen LogP contribution in [0.5, 0.6) is 0 Å². The molecule has 1 aliphatic rings. The predicted octanol–water partition coefficient (Wildman–Crippen LogP) is 2.09. The zero-order chi connectivity index (χ0) is 11.1. The van der Waals surface area contributed by atoms with Crippen molar-refractivity contribution in [2.24, 2.45) is 5.73 Å². The van der Waals surface area contributed by atoms with Gasteiger partial charge in [-0.05, 0) is 37.8 Å². The molecule has 2 nitrogen and oxygen atoms in total. The molecule has 2 heteroatoms. The van der Waals surface area contributed by atoms with Crippen LogP contribution in [-0.2, 0) is 6.42 Å². The monoisotopic (exact) mass is 204 g/mol. The molecule has 0 bridgehead atoms. The van der Waals surface area contributed by atoms with Crippen molar-refractivity contribution in [3.05, 3.63) is 29.3 Å². The Hall–Kier alpha value is -1.02. The second-order valence-electron chi connectivity index (χ2n) is 5.07. The second-order valence-corrected chi connectivity index (χ2v) is 5.07. The first-order valence-corrected chi connectivity index (χ1v) is 5.56. The van der Waals surface area contributed by atoms with E-state index in [4.69, 9.17) is 5.73 Å². The van der Waals surface area contributed by atoms with Crippen LogP contribution >= 0.6 is 0 Å². The van der Waals surface area contributed by atoms with Gasteiger partial charge in [0.1, 0.15) is 0 Å². The van der Waals surface area contributed by atoms with Gasteiger partial charge in [0.2, 0.25) is 0 Å². The van der Waals surface area contributed by atoms with Crippen molar-refractivity contribution in [2.45, 2.75) is 31.7 Å². The fourth-order valence-corrected chi connectivity index (χ4v) is 2.01. The van der Waals surface area contributed by atoms with Crippen LogP contribution in [0.4, 0.5) is 5.69 Å². The summed E-state index contributed by atoms with van der Waals surface area (Å²) in [6.45, 7) is 2.14. The zero-order valence-electron chi connectivity index (χ0n) is 9.88. The highest BCUT2D eigenvalue weighted by molar-refractivity contribution is 5.54. The number of hydrogen-bond acceptors (Lipinski definition) is 2. The summed E-state index contributed by atoms with van der Waals surface area (Å²) in [5.74, 6) is 0. The maximum atomic E-state index is 6.18. The van der Waals surface area contributed by atoms with Crippen molar-refractivity contribution in [3.63, 3.8) is 0 Å². The number of aryl methyl sites for hydroxylation is 1. The number of nitrogens with two attached hydrogens (primary N) is 1. The summed E-state index contributed by atoms with van der Waals surface area (Å²) in [4.78, 5) is 2.17. The van der Waals surface area contributed by atoms with Crippen molar-refractivity contribution in [2.75, 3.05) is 19.0 Å². The minimum absolute atomic E-state index is 0.0958. The Bertz CT molecular complexity index is 365. The first kappa shape index (κ1) is 10.5. The summed E-state index contributed by atoms with van der Waals surface area (Å²) in [6, 6.07) is 6.62. The van der Waals surface area contributed by atoms with E-state index < -0.39 is 0 Å². The van der Waals surface area contributed by atoms with Gasteiger partial charge >= 0.3 is 0 Å². The molecule has 0 atom stereocenters. The molecule has 1 aromatic rings. The fourth-order valence-electron chi connectivity index (χ4n) is 2.01. The van der Waals surface area contributed by atoms with Gasteiger partial charge in [-0.15, -0.1) is 0 Å². The van der Waals surface area contributed by atoms with E-state index in [0.717, 1.165) is 6.42 Å². The molecule has 0 unspecified atom stereocenters. The molecule has 82 valence electrons. The van der Waals surface area contributed by atoms with E-state index in [9.17, 15) is 0 Å². The van der Waals surface area contributed by atoms with E-state index in [1.165, 1.54) is 29.7 Å². The highest BCUT2D eigenvalue weighted by Gasteiger charge is 2.38. The van der Waals surface area contributed by atoms with Gasteiger partial charge in [0.05, 0.1) is 0 Å². The van der Waals surface area contributed by atoms with Gasteiger partial charge in [-0.25, -0.2) is 0 Å². The van der Waals surface area contributed by atoms with Crippen LogP contribution < -0.4 is 10.6 Å². The molecule has 0 radical (unpaired) electrons. The zero-order valence-corrected chi connectivity index (χ0v) is 9.88. The third-order valence-electron chi connectivity index (χ3n) is 3.15. The molecule has 0 aromatic heterocycles. The quantitative estimate of drug-likeness (QED) is 0.817. The maximum Gasteiger partial charge on any atom is 0.0394 e. The third-order valence-corrected chi connectivity index (χ3v) is 3.15. The first-order chi connectivity index (χ1) is 7.00. The number of benzene rings is 1. The summed E-state index contributed by atoms with van der Waals surface area (Å²) in [5.41, 5.74) is 10.3. The lowest BCUT2D eigenvalue weighted by atomic mass is 10.0. The Kier molecular flexibility index (Phi) is 2.47. The molecule has 1 aliphatic carbocycles. The van der Waals surface area contributed by atoms with Crippen molar-refractivity contribution < 1.29 is 0 Å². The molecule has 2 N–H and O–H groups in total. The van der Waals surface area contributed by atoms with Gasteiger partial charge in [0.15, 0.2) is 0 Å². The highest BCUT2D eigenvalue weighted by Crippen LogP contribution is 2.37. The Morgan fingerprint density at radius 3 is 2.53 bits per heavy atom. The van der Waals surface area contributed by atoms with Gasteiger partial charge < -0.3 is 10.6 Å². The number of rotatable bonds is 3. The van der Waals surface area contributed by atoms with E-state index in [1.807, 2.05) is 0 Å². The number of nitrogens with zero attached hydrogens (tertiary/aromatic N) is 1. The van der Waals surface area contributed by atoms with Crippen LogP contribution in [0.3, 0.4) is 0 Å². The highest BCUT2D eigenvalue weighted by atomic mass is 15.1. The minimum atomic E-state index is 0.0958. The standard InChI is InChI=1S/C13H20N2/c1-10-4-5-12(15(2)3)11(8-10)9-13(14)6-7-13/h4-5,8H,6-7,9,14H2,1-3H3. The lowest BCUT2D eigenvalue weighted by molar-refractivity contribution is 0.671. The molecule has 1 saturated carbocycles. The third kappa shape index (κ3) is 2.32. The van der Waals surface area contributed by atoms with Crippen LogP contribution in [-0.4, -0.2) is 19.6 Å². The topological polar surface area (TPSA) is 29.3 Å². The van der Waals surface area contributed by atoms with Gasteiger partial charge in [-0.1, -0.05) is 17.7 Å². The average molecular weight is 204 g/mol. The van der Waals surface area contributed by atoms with E-state index in [-0.39, 0.29) is 5.54 Å². The van der Waals surface area contributed by atoms with Crippen LogP contribution in [0, 0.1) is 6.92 Å². The largest absolute Gasteiger partial charge is 0.377 e. The molecule has 0 saturated heterocycles. The van der Waals surface area contributed by atoms with E-state index in [2.05, 4.69) is 44.1 Å².